The summed E-state index contributed by atoms with van der Waals surface area (Å²) in [6, 6.07) is 11.7. The lowest BCUT2D eigenvalue weighted by atomic mass is 10.3. The molecule has 8 heteroatoms. The number of benzene rings is 1. The van der Waals surface area contributed by atoms with Gasteiger partial charge in [-0.15, -0.1) is 11.3 Å². The van der Waals surface area contributed by atoms with E-state index in [-0.39, 0.29) is 30.4 Å². The van der Waals surface area contributed by atoms with Crippen molar-refractivity contribution in [3.63, 3.8) is 0 Å². The van der Waals surface area contributed by atoms with Crippen LogP contribution in [0.25, 0.3) is 10.6 Å². The Morgan fingerprint density at radius 1 is 1.26 bits per heavy atom. The molecule has 2 aromatic heterocycles. The summed E-state index contributed by atoms with van der Waals surface area (Å²) >= 11 is 1.51. The largest absolute Gasteiger partial charge is 0.492 e. The smallest absolute Gasteiger partial charge is 0.267 e. The molecule has 27 heavy (non-hydrogen) atoms. The topological polar surface area (TPSA) is 73.2 Å². The van der Waals surface area contributed by atoms with E-state index in [1.54, 1.807) is 13.0 Å². The predicted molar refractivity (Wildman–Crippen MR) is 101 cm³/mol. The van der Waals surface area contributed by atoms with Gasteiger partial charge in [-0.05, 0) is 48.7 Å². The zero-order chi connectivity index (χ0) is 19.2. The molecule has 0 bridgehead atoms. The number of rotatable bonds is 7. The molecule has 0 fully saturated rings. The van der Waals surface area contributed by atoms with E-state index in [4.69, 9.17) is 4.74 Å². The van der Waals surface area contributed by atoms with Gasteiger partial charge in [0.15, 0.2) is 0 Å². The molecule has 1 amide bonds. The number of carbonyl (C=O) groups excluding carboxylic acids is 1. The minimum absolute atomic E-state index is 0.224. The summed E-state index contributed by atoms with van der Waals surface area (Å²) in [4.78, 5) is 25.4. The van der Waals surface area contributed by atoms with Gasteiger partial charge in [0.2, 0.25) is 5.91 Å². The first-order valence-electron chi connectivity index (χ1n) is 8.34. The minimum Gasteiger partial charge on any atom is -0.492 e. The van der Waals surface area contributed by atoms with Crippen LogP contribution in [0, 0.1) is 5.82 Å². The van der Waals surface area contributed by atoms with Crippen LogP contribution in [0.5, 0.6) is 5.75 Å². The van der Waals surface area contributed by atoms with Crippen LogP contribution in [0.4, 0.5) is 4.39 Å². The molecule has 1 unspecified atom stereocenters. The summed E-state index contributed by atoms with van der Waals surface area (Å²) in [5.74, 6) is -0.164. The van der Waals surface area contributed by atoms with Crippen LogP contribution in [0.2, 0.25) is 0 Å². The third-order valence-corrected chi connectivity index (χ3v) is 4.72. The highest BCUT2D eigenvalue weighted by Gasteiger charge is 2.17. The van der Waals surface area contributed by atoms with E-state index in [0.717, 1.165) is 4.88 Å². The van der Waals surface area contributed by atoms with Crippen LogP contribution in [-0.2, 0) is 4.79 Å². The second-order valence-electron chi connectivity index (χ2n) is 5.75. The third-order valence-electron chi connectivity index (χ3n) is 3.83. The lowest BCUT2D eigenvalue weighted by molar-refractivity contribution is -0.124. The van der Waals surface area contributed by atoms with Gasteiger partial charge in [-0.2, -0.15) is 5.10 Å². The van der Waals surface area contributed by atoms with Gasteiger partial charge in [0.25, 0.3) is 5.56 Å². The Morgan fingerprint density at radius 3 is 2.74 bits per heavy atom. The molecule has 6 nitrogen and oxygen atoms in total. The van der Waals surface area contributed by atoms with Gasteiger partial charge in [-0.3, -0.25) is 9.59 Å². The molecule has 1 atom stereocenters. The number of ether oxygens (including phenoxy) is 1. The van der Waals surface area contributed by atoms with E-state index in [1.807, 2.05) is 17.5 Å². The number of halogens is 1. The summed E-state index contributed by atoms with van der Waals surface area (Å²) in [7, 11) is 0. The maximum atomic E-state index is 12.8. The molecular weight excluding hydrogens is 369 g/mol. The Morgan fingerprint density at radius 2 is 2.04 bits per heavy atom. The van der Waals surface area contributed by atoms with E-state index in [1.165, 1.54) is 46.4 Å². The van der Waals surface area contributed by atoms with Crippen molar-refractivity contribution < 1.29 is 13.9 Å². The van der Waals surface area contributed by atoms with Gasteiger partial charge in [0.1, 0.15) is 29.9 Å². The van der Waals surface area contributed by atoms with Crippen LogP contribution in [0.3, 0.4) is 0 Å². The second-order valence-corrected chi connectivity index (χ2v) is 6.70. The summed E-state index contributed by atoms with van der Waals surface area (Å²) in [5, 5.41) is 8.94. The molecule has 1 aromatic carbocycles. The number of nitrogens with zero attached hydrogens (tertiary/aromatic N) is 2. The van der Waals surface area contributed by atoms with E-state index < -0.39 is 6.04 Å². The molecule has 0 saturated heterocycles. The monoisotopic (exact) mass is 387 g/mol. The molecule has 3 aromatic rings. The SMILES string of the molecule is CC(C(=O)NCCOc1ccc(F)cc1)n1nc(-c2cccs2)ccc1=O. The molecule has 0 aliphatic heterocycles. The highest BCUT2D eigenvalue weighted by atomic mass is 32.1. The van der Waals surface area contributed by atoms with Gasteiger partial charge in [0, 0.05) is 6.07 Å². The lowest BCUT2D eigenvalue weighted by Crippen LogP contribution is -2.38. The maximum Gasteiger partial charge on any atom is 0.267 e. The Bertz CT molecular complexity index is 955. The molecule has 0 aliphatic rings. The molecule has 3 rings (SSSR count). The second kappa shape index (κ2) is 8.59. The summed E-state index contributed by atoms with van der Waals surface area (Å²) in [5.41, 5.74) is 0.296. The number of amides is 1. The number of thiophene rings is 1. The molecule has 0 spiro atoms. The summed E-state index contributed by atoms with van der Waals surface area (Å²) in [6.45, 7) is 2.09. The summed E-state index contributed by atoms with van der Waals surface area (Å²) in [6.07, 6.45) is 0. The highest BCUT2D eigenvalue weighted by molar-refractivity contribution is 7.13. The first kappa shape index (κ1) is 18.8. The fraction of sp³-hybridized carbons (Fsp3) is 0.211. The van der Waals surface area contributed by atoms with Gasteiger partial charge in [-0.25, -0.2) is 9.07 Å². The standard InChI is InChI=1S/C19H18FN3O3S/c1-13(19(25)21-10-11-26-15-6-4-14(20)5-7-15)23-18(24)9-8-16(22-23)17-3-2-12-27-17/h2-9,12-13H,10-11H2,1H3,(H,21,25). The number of carbonyl (C=O) groups is 1. The van der Waals surface area contributed by atoms with Crippen molar-refractivity contribution in [2.75, 3.05) is 13.2 Å². The zero-order valence-electron chi connectivity index (χ0n) is 14.6. The fourth-order valence-electron chi connectivity index (χ4n) is 2.39. The van der Waals surface area contributed by atoms with E-state index in [0.29, 0.717) is 11.4 Å². The Labute approximate surface area is 159 Å². The minimum atomic E-state index is -0.761. The highest BCUT2D eigenvalue weighted by Crippen LogP contribution is 2.21. The third kappa shape index (κ3) is 4.79. The van der Waals surface area contributed by atoms with Gasteiger partial charge in [0.05, 0.1) is 11.4 Å². The molecule has 0 aliphatic carbocycles. The number of nitrogens with one attached hydrogen (secondary N) is 1. The van der Waals surface area contributed by atoms with Crippen molar-refractivity contribution in [1.29, 1.82) is 0 Å². The molecule has 2 heterocycles. The predicted octanol–water partition coefficient (Wildman–Crippen LogP) is 2.87. The van der Waals surface area contributed by atoms with E-state index in [2.05, 4.69) is 10.4 Å². The van der Waals surface area contributed by atoms with Crippen LogP contribution < -0.4 is 15.6 Å². The average Bonchev–Trinajstić information content (AvgIpc) is 3.21. The fourth-order valence-corrected chi connectivity index (χ4v) is 3.08. The van der Waals surface area contributed by atoms with Crippen LogP contribution in [-0.4, -0.2) is 28.8 Å². The first-order valence-corrected chi connectivity index (χ1v) is 9.22. The Balaban J connectivity index is 1.57. The average molecular weight is 387 g/mol. The molecule has 140 valence electrons. The molecule has 1 N–H and O–H groups in total. The lowest BCUT2D eigenvalue weighted by Gasteiger charge is -2.15. The van der Waals surface area contributed by atoms with E-state index >= 15 is 0 Å². The van der Waals surface area contributed by atoms with Crippen molar-refractivity contribution in [2.24, 2.45) is 0 Å². The quantitative estimate of drug-likeness (QED) is 0.633. The molecule has 0 radical (unpaired) electrons. The van der Waals surface area contributed by atoms with E-state index in [9.17, 15) is 14.0 Å². The first-order chi connectivity index (χ1) is 13.0. The summed E-state index contributed by atoms with van der Waals surface area (Å²) < 4.78 is 19.4. The van der Waals surface area contributed by atoms with Crippen molar-refractivity contribution >= 4 is 17.2 Å². The van der Waals surface area contributed by atoms with Crippen molar-refractivity contribution in [3.8, 4) is 16.3 Å². The Kier molecular flexibility index (Phi) is 5.97. The van der Waals surface area contributed by atoms with Gasteiger partial charge in [-0.1, -0.05) is 6.07 Å². The van der Waals surface area contributed by atoms with Gasteiger partial charge >= 0.3 is 0 Å². The number of aromatic nitrogens is 2. The van der Waals surface area contributed by atoms with Crippen LogP contribution in [0.1, 0.15) is 13.0 Å². The van der Waals surface area contributed by atoms with Crippen LogP contribution in [0.15, 0.2) is 58.7 Å². The zero-order valence-corrected chi connectivity index (χ0v) is 15.4. The van der Waals surface area contributed by atoms with Crippen molar-refractivity contribution in [1.82, 2.24) is 15.1 Å². The normalized spacial score (nSPS) is 11.8. The molecular formula is C19H18FN3O3S. The van der Waals surface area contributed by atoms with Crippen molar-refractivity contribution in [2.45, 2.75) is 13.0 Å². The number of hydrogen-bond donors (Lipinski definition) is 1. The maximum absolute atomic E-state index is 12.8. The van der Waals surface area contributed by atoms with Crippen LogP contribution >= 0.6 is 11.3 Å². The number of hydrogen-bond acceptors (Lipinski definition) is 5. The van der Waals surface area contributed by atoms with Gasteiger partial charge < -0.3 is 10.1 Å². The van der Waals surface area contributed by atoms with Crippen molar-refractivity contribution in [3.05, 3.63) is 70.1 Å². The Hall–Kier alpha value is -3.00. The molecule has 0 saturated carbocycles.